The Labute approximate surface area is 153 Å². The zero-order valence-corrected chi connectivity index (χ0v) is 15.7. The molecule has 26 heavy (non-hydrogen) atoms. The van der Waals surface area contributed by atoms with Crippen molar-refractivity contribution in [1.29, 1.82) is 0 Å². The number of Topliss-reactive ketones (excluding diaryl/α,β-unsaturated/α-hetero) is 1. The lowest BCUT2D eigenvalue weighted by atomic mass is 9.98. The number of aryl methyl sites for hydroxylation is 1. The van der Waals surface area contributed by atoms with Gasteiger partial charge in [-0.25, -0.2) is 8.42 Å². The molecule has 0 amide bonds. The number of ether oxygens (including phenoxy) is 2. The molecule has 0 bridgehead atoms. The summed E-state index contributed by atoms with van der Waals surface area (Å²) in [5, 5.41) is 0. The Kier molecular flexibility index (Phi) is 4.87. The molecule has 2 aromatic carbocycles. The van der Waals surface area contributed by atoms with Crippen LogP contribution in [0, 0.1) is 6.92 Å². The van der Waals surface area contributed by atoms with Crippen LogP contribution in [-0.4, -0.2) is 34.2 Å². The van der Waals surface area contributed by atoms with Crippen LogP contribution < -0.4 is 9.47 Å². The fourth-order valence-electron chi connectivity index (χ4n) is 3.01. The fraction of sp³-hybridized carbons (Fsp3) is 0.250. The summed E-state index contributed by atoms with van der Waals surface area (Å²) in [5.41, 5.74) is 2.30. The summed E-state index contributed by atoms with van der Waals surface area (Å²) >= 11 is 0. The minimum absolute atomic E-state index is 0.0894. The van der Waals surface area contributed by atoms with Crippen LogP contribution in [0.2, 0.25) is 0 Å². The van der Waals surface area contributed by atoms with E-state index in [-0.39, 0.29) is 28.4 Å². The van der Waals surface area contributed by atoms with E-state index in [1.165, 1.54) is 13.2 Å². The second-order valence-electron chi connectivity index (χ2n) is 6.18. The first-order chi connectivity index (χ1) is 12.4. The van der Waals surface area contributed by atoms with Crippen LogP contribution in [0.25, 0.3) is 6.08 Å². The van der Waals surface area contributed by atoms with Gasteiger partial charge >= 0.3 is 0 Å². The molecule has 6 heteroatoms. The summed E-state index contributed by atoms with van der Waals surface area (Å²) in [6.07, 6.45) is 1.89. The maximum Gasteiger partial charge on any atom is 0.190 e. The van der Waals surface area contributed by atoms with Gasteiger partial charge in [-0.2, -0.15) is 0 Å². The van der Waals surface area contributed by atoms with E-state index < -0.39 is 9.84 Å². The molecule has 0 aliphatic carbocycles. The second-order valence-corrected chi connectivity index (χ2v) is 8.26. The van der Waals surface area contributed by atoms with Gasteiger partial charge in [-0.1, -0.05) is 17.7 Å². The van der Waals surface area contributed by atoms with Gasteiger partial charge in [0.1, 0.15) is 0 Å². The Morgan fingerprint density at radius 2 is 1.73 bits per heavy atom. The van der Waals surface area contributed by atoms with Crippen LogP contribution in [0.5, 0.6) is 11.5 Å². The van der Waals surface area contributed by atoms with Crippen molar-refractivity contribution in [2.45, 2.75) is 18.2 Å². The van der Waals surface area contributed by atoms with Gasteiger partial charge in [0, 0.05) is 11.1 Å². The van der Waals surface area contributed by atoms with Crippen molar-refractivity contribution in [3.8, 4) is 11.5 Å². The van der Waals surface area contributed by atoms with Crippen LogP contribution in [0.1, 0.15) is 27.9 Å². The molecule has 136 valence electrons. The number of methoxy groups -OCH3 is 2. The number of hydrogen-bond donors (Lipinski definition) is 0. The number of carbonyl (C=O) groups is 1. The monoisotopic (exact) mass is 372 g/mol. The Morgan fingerprint density at radius 3 is 2.42 bits per heavy atom. The van der Waals surface area contributed by atoms with Crippen molar-refractivity contribution in [1.82, 2.24) is 0 Å². The quantitative estimate of drug-likeness (QED) is 0.772. The number of allylic oxidation sites excluding steroid dienone is 1. The summed E-state index contributed by atoms with van der Waals surface area (Å²) in [6, 6.07) is 10.2. The first-order valence-corrected chi connectivity index (χ1v) is 9.81. The molecular weight excluding hydrogens is 352 g/mol. The first kappa shape index (κ1) is 18.2. The van der Waals surface area contributed by atoms with Crippen LogP contribution in [0.15, 0.2) is 46.9 Å². The number of benzene rings is 2. The van der Waals surface area contributed by atoms with E-state index in [1.54, 1.807) is 43.5 Å². The number of fused-ring (bicyclic) bond motifs is 1. The summed E-state index contributed by atoms with van der Waals surface area (Å²) in [7, 11) is -0.394. The van der Waals surface area contributed by atoms with Gasteiger partial charge in [0.2, 0.25) is 0 Å². The van der Waals surface area contributed by atoms with Crippen molar-refractivity contribution in [3.05, 3.63) is 58.7 Å². The first-order valence-electron chi connectivity index (χ1n) is 8.16. The van der Waals surface area contributed by atoms with Crippen molar-refractivity contribution < 1.29 is 22.7 Å². The average molecular weight is 372 g/mol. The third-order valence-corrected chi connectivity index (χ3v) is 6.16. The van der Waals surface area contributed by atoms with Crippen LogP contribution in [0.3, 0.4) is 0 Å². The summed E-state index contributed by atoms with van der Waals surface area (Å²) in [5.74, 6) is 0.797. The van der Waals surface area contributed by atoms with E-state index in [0.717, 1.165) is 11.1 Å². The van der Waals surface area contributed by atoms with Crippen LogP contribution in [0.4, 0.5) is 0 Å². The lowest BCUT2D eigenvalue weighted by molar-refractivity contribution is 0.103. The normalized spacial score (nSPS) is 17.5. The molecule has 0 fully saturated rings. The molecule has 0 saturated carbocycles. The molecule has 0 aromatic heterocycles. The molecule has 1 aliphatic heterocycles. The molecule has 1 heterocycles. The van der Waals surface area contributed by atoms with Gasteiger partial charge in [-0.3, -0.25) is 4.79 Å². The van der Waals surface area contributed by atoms with Gasteiger partial charge in [0.25, 0.3) is 0 Å². The molecule has 0 N–H and O–H groups in total. The predicted octanol–water partition coefficient (Wildman–Crippen LogP) is 3.46. The molecule has 0 unspecified atom stereocenters. The number of hydrogen-bond acceptors (Lipinski definition) is 5. The standard InChI is InChI=1S/C20H20O5S/c1-13-4-7-19-16(10-13)20(21)15(8-9-26(19,22)23)11-14-5-6-17(24-2)18(12-14)25-3/h4-7,10-12H,8-9H2,1-3H3/b15-11+. The maximum atomic E-state index is 13.0. The van der Waals surface area contributed by atoms with E-state index in [9.17, 15) is 13.2 Å². The Hall–Kier alpha value is -2.60. The van der Waals surface area contributed by atoms with E-state index in [4.69, 9.17) is 9.47 Å². The van der Waals surface area contributed by atoms with E-state index in [2.05, 4.69) is 0 Å². The zero-order chi connectivity index (χ0) is 18.9. The molecule has 2 aromatic rings. The number of carbonyl (C=O) groups excluding carboxylic acids is 1. The van der Waals surface area contributed by atoms with E-state index in [1.807, 2.05) is 6.92 Å². The van der Waals surface area contributed by atoms with Crippen molar-refractivity contribution in [2.75, 3.05) is 20.0 Å². The Morgan fingerprint density at radius 1 is 1.00 bits per heavy atom. The highest BCUT2D eigenvalue weighted by atomic mass is 32.2. The average Bonchev–Trinajstić information content (AvgIpc) is 2.71. The van der Waals surface area contributed by atoms with Gasteiger partial charge < -0.3 is 9.47 Å². The molecular formula is C20H20O5S. The smallest absolute Gasteiger partial charge is 0.190 e. The van der Waals surface area contributed by atoms with Crippen molar-refractivity contribution in [2.24, 2.45) is 0 Å². The highest BCUT2D eigenvalue weighted by Gasteiger charge is 2.29. The Bertz CT molecular complexity index is 1000. The van der Waals surface area contributed by atoms with Gasteiger partial charge in [0.05, 0.1) is 24.9 Å². The molecule has 0 radical (unpaired) electrons. The third kappa shape index (κ3) is 3.37. The number of rotatable bonds is 3. The molecule has 0 spiro atoms. The van der Waals surface area contributed by atoms with Crippen LogP contribution >= 0.6 is 0 Å². The summed E-state index contributed by atoms with van der Waals surface area (Å²) in [6.45, 7) is 1.84. The SMILES string of the molecule is COc1ccc(/C=C2\CCS(=O)(=O)c3ccc(C)cc3C2=O)cc1OC. The second kappa shape index (κ2) is 6.96. The van der Waals surface area contributed by atoms with Crippen LogP contribution in [-0.2, 0) is 9.84 Å². The predicted molar refractivity (Wildman–Crippen MR) is 99.7 cm³/mol. The Balaban J connectivity index is 2.10. The summed E-state index contributed by atoms with van der Waals surface area (Å²) in [4.78, 5) is 13.1. The molecule has 5 nitrogen and oxygen atoms in total. The molecule has 0 saturated heterocycles. The number of ketones is 1. The maximum absolute atomic E-state index is 13.0. The van der Waals surface area contributed by atoms with E-state index >= 15 is 0 Å². The zero-order valence-electron chi connectivity index (χ0n) is 14.9. The fourth-order valence-corrected chi connectivity index (χ4v) is 4.49. The lowest BCUT2D eigenvalue weighted by Crippen LogP contribution is -2.07. The minimum atomic E-state index is -3.48. The number of sulfone groups is 1. The van der Waals surface area contributed by atoms with E-state index in [0.29, 0.717) is 17.1 Å². The van der Waals surface area contributed by atoms with Crippen molar-refractivity contribution >= 4 is 21.7 Å². The lowest BCUT2D eigenvalue weighted by Gasteiger charge is -2.09. The highest BCUT2D eigenvalue weighted by Crippen LogP contribution is 2.31. The minimum Gasteiger partial charge on any atom is -0.493 e. The van der Waals surface area contributed by atoms with Gasteiger partial charge in [-0.05, 0) is 49.2 Å². The highest BCUT2D eigenvalue weighted by molar-refractivity contribution is 7.91. The summed E-state index contributed by atoms with van der Waals surface area (Å²) < 4.78 is 35.5. The van der Waals surface area contributed by atoms with Crippen molar-refractivity contribution in [3.63, 3.8) is 0 Å². The van der Waals surface area contributed by atoms with Gasteiger partial charge in [-0.15, -0.1) is 0 Å². The van der Waals surface area contributed by atoms with Gasteiger partial charge in [0.15, 0.2) is 27.1 Å². The molecule has 1 aliphatic rings. The topological polar surface area (TPSA) is 69.7 Å². The largest absolute Gasteiger partial charge is 0.493 e. The third-order valence-electron chi connectivity index (χ3n) is 4.40. The molecule has 3 rings (SSSR count). The molecule has 0 atom stereocenters.